The highest BCUT2D eigenvalue weighted by Crippen LogP contribution is 2.42. The first-order valence-corrected chi connectivity index (χ1v) is 7.04. The molecule has 104 valence electrons. The minimum absolute atomic E-state index is 0.0883. The summed E-state index contributed by atoms with van der Waals surface area (Å²) < 4.78 is 1.66. The number of aromatic nitrogens is 2. The fourth-order valence-electron chi connectivity index (χ4n) is 2.45. The third kappa shape index (κ3) is 2.20. The van der Waals surface area contributed by atoms with Gasteiger partial charge < -0.3 is 5.11 Å². The SMILES string of the molecule is CC(C1CC1)n1nc(-c2ccccc2)c(C(=O)O)c1Cl. The van der Waals surface area contributed by atoms with Crippen molar-refractivity contribution in [1.82, 2.24) is 9.78 Å². The van der Waals surface area contributed by atoms with Gasteiger partial charge in [0.15, 0.2) is 0 Å². The van der Waals surface area contributed by atoms with E-state index in [-0.39, 0.29) is 16.8 Å². The van der Waals surface area contributed by atoms with E-state index in [2.05, 4.69) is 5.10 Å². The Labute approximate surface area is 122 Å². The topological polar surface area (TPSA) is 55.1 Å². The Bertz CT molecular complexity index is 647. The lowest BCUT2D eigenvalue weighted by atomic mass is 10.1. The third-order valence-corrected chi connectivity index (χ3v) is 4.17. The molecule has 0 spiro atoms. The quantitative estimate of drug-likeness (QED) is 0.930. The number of carbonyl (C=O) groups is 1. The van der Waals surface area contributed by atoms with Crippen LogP contribution in [0.3, 0.4) is 0 Å². The molecule has 1 unspecified atom stereocenters. The lowest BCUT2D eigenvalue weighted by Crippen LogP contribution is -2.09. The maximum Gasteiger partial charge on any atom is 0.341 e. The largest absolute Gasteiger partial charge is 0.478 e. The number of halogens is 1. The van der Waals surface area contributed by atoms with Crippen molar-refractivity contribution in [2.75, 3.05) is 0 Å². The molecule has 3 rings (SSSR count). The van der Waals surface area contributed by atoms with Crippen LogP contribution in [0.5, 0.6) is 0 Å². The molecule has 2 aromatic rings. The predicted molar refractivity (Wildman–Crippen MR) is 77.1 cm³/mol. The predicted octanol–water partition coefficient (Wildman–Crippen LogP) is 3.87. The molecule has 5 heteroatoms. The summed E-state index contributed by atoms with van der Waals surface area (Å²) in [6.45, 7) is 2.04. The Morgan fingerprint density at radius 1 is 1.40 bits per heavy atom. The molecule has 1 heterocycles. The molecule has 1 saturated carbocycles. The van der Waals surface area contributed by atoms with Crippen molar-refractivity contribution in [2.45, 2.75) is 25.8 Å². The van der Waals surface area contributed by atoms with Crippen LogP contribution < -0.4 is 0 Å². The third-order valence-electron chi connectivity index (χ3n) is 3.80. The van der Waals surface area contributed by atoms with Gasteiger partial charge >= 0.3 is 5.97 Å². The van der Waals surface area contributed by atoms with Gasteiger partial charge in [0.25, 0.3) is 0 Å². The summed E-state index contributed by atoms with van der Waals surface area (Å²) in [4.78, 5) is 11.5. The summed E-state index contributed by atoms with van der Waals surface area (Å²) >= 11 is 6.26. The van der Waals surface area contributed by atoms with E-state index >= 15 is 0 Å². The van der Waals surface area contributed by atoms with Gasteiger partial charge in [-0.25, -0.2) is 9.48 Å². The van der Waals surface area contributed by atoms with E-state index in [0.29, 0.717) is 11.6 Å². The molecule has 1 fully saturated rings. The van der Waals surface area contributed by atoms with Crippen molar-refractivity contribution >= 4 is 17.6 Å². The number of carboxylic acid groups (broad SMARTS) is 1. The minimum Gasteiger partial charge on any atom is -0.478 e. The lowest BCUT2D eigenvalue weighted by Gasteiger charge is -2.11. The van der Waals surface area contributed by atoms with E-state index in [0.717, 1.165) is 18.4 Å². The fraction of sp³-hybridized carbons (Fsp3) is 0.333. The van der Waals surface area contributed by atoms with Gasteiger partial charge in [0.05, 0.1) is 6.04 Å². The van der Waals surface area contributed by atoms with E-state index in [4.69, 9.17) is 11.6 Å². The molecule has 0 amide bonds. The highest BCUT2D eigenvalue weighted by atomic mass is 35.5. The van der Waals surface area contributed by atoms with Gasteiger partial charge in [0.2, 0.25) is 0 Å². The zero-order valence-electron chi connectivity index (χ0n) is 11.1. The van der Waals surface area contributed by atoms with Crippen molar-refractivity contribution in [1.29, 1.82) is 0 Å². The summed E-state index contributed by atoms with van der Waals surface area (Å²) in [6, 6.07) is 9.43. The van der Waals surface area contributed by atoms with Crippen molar-refractivity contribution in [3.63, 3.8) is 0 Å². The Balaban J connectivity index is 2.13. The number of aromatic carboxylic acids is 1. The standard InChI is InChI=1S/C15H15ClN2O2/c1-9(10-7-8-10)18-14(16)12(15(19)20)13(17-18)11-5-3-2-4-6-11/h2-6,9-10H,7-8H2,1H3,(H,19,20). The van der Waals surface area contributed by atoms with Crippen LogP contribution in [-0.2, 0) is 0 Å². The Morgan fingerprint density at radius 3 is 2.60 bits per heavy atom. The van der Waals surface area contributed by atoms with Gasteiger partial charge in [-0.1, -0.05) is 41.9 Å². The summed E-state index contributed by atoms with van der Waals surface area (Å²) in [7, 11) is 0. The highest BCUT2D eigenvalue weighted by Gasteiger charge is 2.33. The second-order valence-corrected chi connectivity index (χ2v) is 5.57. The Morgan fingerprint density at radius 2 is 2.05 bits per heavy atom. The smallest absolute Gasteiger partial charge is 0.341 e. The monoisotopic (exact) mass is 290 g/mol. The maximum absolute atomic E-state index is 11.5. The van der Waals surface area contributed by atoms with Crippen molar-refractivity contribution in [3.8, 4) is 11.3 Å². The molecule has 1 aliphatic rings. The van der Waals surface area contributed by atoms with Crippen molar-refractivity contribution in [3.05, 3.63) is 41.0 Å². The van der Waals surface area contributed by atoms with E-state index in [1.165, 1.54) is 0 Å². The zero-order valence-corrected chi connectivity index (χ0v) is 11.8. The van der Waals surface area contributed by atoms with Gasteiger partial charge in [0, 0.05) is 5.56 Å². The average Bonchev–Trinajstić information content (AvgIpc) is 3.22. The van der Waals surface area contributed by atoms with Gasteiger partial charge in [-0.05, 0) is 25.7 Å². The molecule has 0 aliphatic heterocycles. The summed E-state index contributed by atoms with van der Waals surface area (Å²) in [5.41, 5.74) is 1.30. The first kappa shape index (κ1) is 13.2. The molecule has 1 N–H and O–H groups in total. The summed E-state index contributed by atoms with van der Waals surface area (Å²) in [6.07, 6.45) is 2.31. The number of carboxylic acids is 1. The maximum atomic E-state index is 11.5. The molecule has 4 nitrogen and oxygen atoms in total. The van der Waals surface area contributed by atoms with E-state index in [1.807, 2.05) is 37.3 Å². The first-order valence-electron chi connectivity index (χ1n) is 6.66. The molecular formula is C15H15ClN2O2. The summed E-state index contributed by atoms with van der Waals surface area (Å²) in [5.74, 6) is -0.485. The van der Waals surface area contributed by atoms with Crippen LogP contribution in [0.4, 0.5) is 0 Å². The van der Waals surface area contributed by atoms with Gasteiger partial charge in [-0.3, -0.25) is 0 Å². The van der Waals surface area contributed by atoms with E-state index in [9.17, 15) is 9.90 Å². The van der Waals surface area contributed by atoms with Crippen LogP contribution in [0.1, 0.15) is 36.2 Å². The molecular weight excluding hydrogens is 276 g/mol. The zero-order chi connectivity index (χ0) is 14.3. The van der Waals surface area contributed by atoms with Gasteiger partial charge in [0.1, 0.15) is 16.4 Å². The van der Waals surface area contributed by atoms with Crippen LogP contribution in [-0.4, -0.2) is 20.9 Å². The van der Waals surface area contributed by atoms with Crippen LogP contribution in [0.2, 0.25) is 5.15 Å². The Hall–Kier alpha value is -1.81. The van der Waals surface area contributed by atoms with Crippen molar-refractivity contribution < 1.29 is 9.90 Å². The summed E-state index contributed by atoms with van der Waals surface area (Å²) in [5, 5.41) is 14.1. The number of benzene rings is 1. The molecule has 0 radical (unpaired) electrons. The number of hydrogen-bond donors (Lipinski definition) is 1. The van der Waals surface area contributed by atoms with Crippen molar-refractivity contribution in [2.24, 2.45) is 5.92 Å². The van der Waals surface area contributed by atoms with Gasteiger partial charge in [-0.2, -0.15) is 5.10 Å². The molecule has 1 aromatic carbocycles. The van der Waals surface area contributed by atoms with Crippen LogP contribution in [0, 0.1) is 5.92 Å². The minimum atomic E-state index is -1.04. The van der Waals surface area contributed by atoms with Crippen LogP contribution in [0.25, 0.3) is 11.3 Å². The number of rotatable bonds is 4. The van der Waals surface area contributed by atoms with Gasteiger partial charge in [-0.15, -0.1) is 0 Å². The lowest BCUT2D eigenvalue weighted by molar-refractivity contribution is 0.0697. The molecule has 0 bridgehead atoms. The second-order valence-electron chi connectivity index (χ2n) is 5.21. The Kier molecular flexibility index (Phi) is 3.26. The molecule has 20 heavy (non-hydrogen) atoms. The molecule has 1 aliphatic carbocycles. The number of nitrogens with zero attached hydrogens (tertiary/aromatic N) is 2. The number of hydrogen-bond acceptors (Lipinski definition) is 2. The van der Waals surface area contributed by atoms with Crippen LogP contribution >= 0.6 is 11.6 Å². The van der Waals surface area contributed by atoms with E-state index < -0.39 is 5.97 Å². The normalized spacial score (nSPS) is 16.1. The fourth-order valence-corrected chi connectivity index (χ4v) is 2.81. The second kappa shape index (κ2) is 4.94. The van der Waals surface area contributed by atoms with E-state index in [1.54, 1.807) is 4.68 Å². The first-order chi connectivity index (χ1) is 9.59. The average molecular weight is 291 g/mol. The molecule has 1 atom stereocenters. The highest BCUT2D eigenvalue weighted by molar-refractivity contribution is 6.33. The van der Waals surface area contributed by atoms with Crippen LogP contribution in [0.15, 0.2) is 30.3 Å². The molecule has 1 aromatic heterocycles. The molecule has 0 saturated heterocycles.